The first-order valence-electron chi connectivity index (χ1n) is 2.53. The molecule has 0 aromatic heterocycles. The molecule has 1 nitrogen and oxygen atoms in total. The van der Waals surface area contributed by atoms with Gasteiger partial charge in [-0.3, -0.25) is 0 Å². The highest BCUT2D eigenvalue weighted by atomic mass is 79.9. The average Bonchev–Trinajstić information content (AvgIpc) is 1.80. The van der Waals surface area contributed by atoms with Crippen molar-refractivity contribution in [1.82, 2.24) is 0 Å². The minimum atomic E-state index is 0.484. The Kier molecular flexibility index (Phi) is 1.67. The summed E-state index contributed by atoms with van der Waals surface area (Å²) < 4.78 is 0.975. The molecule has 0 aliphatic heterocycles. The number of nitrogens with one attached hydrogen (secondary N) is 1. The SMILES string of the molecule is C=C1C=C(Br)C=CC1=N. The van der Waals surface area contributed by atoms with Crippen molar-refractivity contribution in [2.45, 2.75) is 0 Å². The van der Waals surface area contributed by atoms with Crippen LogP contribution in [0.4, 0.5) is 0 Å². The van der Waals surface area contributed by atoms with Crippen molar-refractivity contribution in [1.29, 1.82) is 5.41 Å². The smallest absolute Gasteiger partial charge is 0.0607 e. The zero-order valence-corrected chi connectivity index (χ0v) is 6.40. The summed E-state index contributed by atoms with van der Waals surface area (Å²) in [4.78, 5) is 0. The van der Waals surface area contributed by atoms with Gasteiger partial charge < -0.3 is 5.41 Å². The van der Waals surface area contributed by atoms with Gasteiger partial charge in [0.05, 0.1) is 5.71 Å². The van der Waals surface area contributed by atoms with E-state index >= 15 is 0 Å². The molecule has 0 aromatic rings. The van der Waals surface area contributed by atoms with Gasteiger partial charge in [0.25, 0.3) is 0 Å². The van der Waals surface area contributed by atoms with E-state index in [9.17, 15) is 0 Å². The van der Waals surface area contributed by atoms with Gasteiger partial charge in [-0.2, -0.15) is 0 Å². The quantitative estimate of drug-likeness (QED) is 0.597. The highest BCUT2D eigenvalue weighted by molar-refractivity contribution is 9.11. The van der Waals surface area contributed by atoms with Crippen LogP contribution in [0.3, 0.4) is 0 Å². The highest BCUT2D eigenvalue weighted by Gasteiger charge is 2.00. The van der Waals surface area contributed by atoms with E-state index in [1.54, 1.807) is 6.08 Å². The largest absolute Gasteiger partial charge is 0.300 e. The van der Waals surface area contributed by atoms with Gasteiger partial charge in [0.2, 0.25) is 0 Å². The van der Waals surface area contributed by atoms with Gasteiger partial charge in [-0.1, -0.05) is 22.5 Å². The minimum Gasteiger partial charge on any atom is -0.300 e. The van der Waals surface area contributed by atoms with Crippen LogP contribution in [0, 0.1) is 5.41 Å². The summed E-state index contributed by atoms with van der Waals surface area (Å²) in [5, 5.41) is 7.23. The predicted molar refractivity (Wildman–Crippen MR) is 43.0 cm³/mol. The van der Waals surface area contributed by atoms with Crippen molar-refractivity contribution in [3.63, 3.8) is 0 Å². The van der Waals surface area contributed by atoms with E-state index < -0.39 is 0 Å². The number of hydrogen-bond donors (Lipinski definition) is 1. The fraction of sp³-hybridized carbons (Fsp3) is 0. The number of hydrogen-bond acceptors (Lipinski definition) is 1. The molecule has 0 spiro atoms. The van der Waals surface area contributed by atoms with Gasteiger partial charge in [-0.15, -0.1) is 0 Å². The monoisotopic (exact) mass is 183 g/mol. The molecule has 2 heteroatoms. The number of halogens is 1. The summed E-state index contributed by atoms with van der Waals surface area (Å²) in [5.74, 6) is 0. The van der Waals surface area contributed by atoms with Gasteiger partial charge >= 0.3 is 0 Å². The summed E-state index contributed by atoms with van der Waals surface area (Å²) in [7, 11) is 0. The molecule has 0 heterocycles. The Labute approximate surface area is 62.4 Å². The molecule has 1 aliphatic rings. The highest BCUT2D eigenvalue weighted by Crippen LogP contribution is 2.15. The molecule has 0 atom stereocenters. The van der Waals surface area contributed by atoms with Crippen LogP contribution in [0.25, 0.3) is 0 Å². The maximum absolute atomic E-state index is 7.23. The van der Waals surface area contributed by atoms with Crippen LogP contribution in [0.5, 0.6) is 0 Å². The molecule has 0 saturated heterocycles. The molecule has 0 unspecified atom stereocenters. The lowest BCUT2D eigenvalue weighted by atomic mass is 10.1. The maximum Gasteiger partial charge on any atom is 0.0607 e. The Morgan fingerprint density at radius 3 is 2.56 bits per heavy atom. The Balaban J connectivity index is 2.95. The van der Waals surface area contributed by atoms with Crippen molar-refractivity contribution in [3.05, 3.63) is 34.9 Å². The molecule has 0 saturated carbocycles. The molecule has 9 heavy (non-hydrogen) atoms. The van der Waals surface area contributed by atoms with Crippen LogP contribution in [0.2, 0.25) is 0 Å². The number of rotatable bonds is 0. The zero-order valence-electron chi connectivity index (χ0n) is 4.82. The van der Waals surface area contributed by atoms with Crippen LogP contribution >= 0.6 is 15.9 Å². The van der Waals surface area contributed by atoms with E-state index in [0.717, 1.165) is 10.1 Å². The molecule has 0 bridgehead atoms. The van der Waals surface area contributed by atoms with Crippen molar-refractivity contribution >= 4 is 21.6 Å². The van der Waals surface area contributed by atoms with Gasteiger partial charge in [0.15, 0.2) is 0 Å². The topological polar surface area (TPSA) is 23.9 Å². The molecule has 1 aliphatic carbocycles. The van der Waals surface area contributed by atoms with Gasteiger partial charge in [0.1, 0.15) is 0 Å². The third kappa shape index (κ3) is 1.39. The molecule has 0 amide bonds. The first-order valence-corrected chi connectivity index (χ1v) is 3.32. The van der Waals surface area contributed by atoms with Gasteiger partial charge in [0, 0.05) is 4.48 Å². The van der Waals surface area contributed by atoms with E-state index in [-0.39, 0.29) is 0 Å². The first kappa shape index (κ1) is 6.49. The molecular weight excluding hydrogens is 178 g/mol. The first-order chi connectivity index (χ1) is 4.20. The predicted octanol–water partition coefficient (Wildman–Crippen LogP) is 2.41. The van der Waals surface area contributed by atoms with E-state index in [2.05, 4.69) is 22.5 Å². The second-order valence-electron chi connectivity index (χ2n) is 1.80. The van der Waals surface area contributed by atoms with Crippen molar-refractivity contribution in [2.24, 2.45) is 0 Å². The molecule has 0 aromatic carbocycles. The summed E-state index contributed by atoms with van der Waals surface area (Å²) in [6.07, 6.45) is 5.37. The average molecular weight is 184 g/mol. The Morgan fingerprint density at radius 1 is 1.44 bits per heavy atom. The minimum absolute atomic E-state index is 0.484. The van der Waals surface area contributed by atoms with Crippen LogP contribution in [-0.2, 0) is 0 Å². The van der Waals surface area contributed by atoms with Crippen molar-refractivity contribution in [2.75, 3.05) is 0 Å². The van der Waals surface area contributed by atoms with Crippen LogP contribution in [-0.4, -0.2) is 5.71 Å². The lowest BCUT2D eigenvalue weighted by Gasteiger charge is -2.02. The Hall–Kier alpha value is -0.630. The Bertz CT molecular complexity index is 223. The molecule has 0 radical (unpaired) electrons. The maximum atomic E-state index is 7.23. The van der Waals surface area contributed by atoms with Crippen molar-refractivity contribution < 1.29 is 0 Å². The lowest BCUT2D eigenvalue weighted by molar-refractivity contribution is 1.50. The molecule has 1 N–H and O–H groups in total. The second kappa shape index (κ2) is 2.31. The summed E-state index contributed by atoms with van der Waals surface area (Å²) in [6, 6.07) is 0. The fourth-order valence-corrected chi connectivity index (χ4v) is 0.971. The lowest BCUT2D eigenvalue weighted by Crippen LogP contribution is -1.96. The molecule has 1 rings (SSSR count). The fourth-order valence-electron chi connectivity index (χ4n) is 0.562. The molecular formula is C7H6BrN. The van der Waals surface area contributed by atoms with Gasteiger partial charge in [-0.05, 0) is 23.8 Å². The van der Waals surface area contributed by atoms with Gasteiger partial charge in [-0.25, -0.2) is 0 Å². The molecule has 0 fully saturated rings. The van der Waals surface area contributed by atoms with Crippen LogP contribution in [0.1, 0.15) is 0 Å². The molecule has 46 valence electrons. The van der Waals surface area contributed by atoms with Crippen LogP contribution in [0.15, 0.2) is 34.9 Å². The van der Waals surface area contributed by atoms with E-state index in [4.69, 9.17) is 5.41 Å². The summed E-state index contributed by atoms with van der Waals surface area (Å²) >= 11 is 3.27. The normalized spacial score (nSPS) is 18.1. The van der Waals surface area contributed by atoms with E-state index in [1.807, 2.05) is 12.2 Å². The Morgan fingerprint density at radius 2 is 2.11 bits per heavy atom. The van der Waals surface area contributed by atoms with Crippen LogP contribution < -0.4 is 0 Å². The third-order valence-electron chi connectivity index (χ3n) is 1.07. The van der Waals surface area contributed by atoms with E-state index in [0.29, 0.717) is 5.71 Å². The third-order valence-corrected chi connectivity index (χ3v) is 1.56. The second-order valence-corrected chi connectivity index (χ2v) is 2.72. The zero-order chi connectivity index (χ0) is 6.85. The standard InChI is InChI=1S/C7H6BrN/c1-5-4-6(8)2-3-7(5)9/h2-4,9H,1H2. The summed E-state index contributed by atoms with van der Waals surface area (Å²) in [5.41, 5.74) is 1.24. The van der Waals surface area contributed by atoms with Crippen molar-refractivity contribution in [3.8, 4) is 0 Å². The van der Waals surface area contributed by atoms with E-state index in [1.165, 1.54) is 0 Å². The summed E-state index contributed by atoms with van der Waals surface area (Å²) in [6.45, 7) is 3.66. The number of allylic oxidation sites excluding steroid dienone is 5.